The van der Waals surface area contributed by atoms with Gasteiger partial charge in [-0.25, -0.2) is 0 Å². The van der Waals surface area contributed by atoms with E-state index in [4.69, 9.17) is 9.14 Å². The fraction of sp³-hybridized carbons (Fsp3) is 0. The lowest BCUT2D eigenvalue weighted by Crippen LogP contribution is -2.33. The Morgan fingerprint density at radius 2 is 1.79 bits per heavy atom. The summed E-state index contributed by atoms with van der Waals surface area (Å²) < 4.78 is 13.9. The molecule has 2 heterocycles. The maximum atomic E-state index is 4.71. The lowest BCUT2D eigenvalue weighted by atomic mass is 9.86. The Bertz CT molecular complexity index is 216. The molecule has 0 atom stereocenters. The smallest absolute Gasteiger partial charge is 0.457 e. The van der Waals surface area contributed by atoms with Crippen molar-refractivity contribution in [3.8, 4) is 0 Å². The standard InChI is InChI=1S/C5H5N.C2H3B3O3/c1-2-4-6-5-3-1;1-2-5-7-3-6-4-8-5/h1-5H;2H,1H2. The maximum Gasteiger partial charge on any atom is 0.458 e. The van der Waals surface area contributed by atoms with Gasteiger partial charge in [0.05, 0.1) is 0 Å². The van der Waals surface area contributed by atoms with Crippen LogP contribution >= 0.6 is 0 Å². The van der Waals surface area contributed by atoms with E-state index in [-0.39, 0.29) is 7.12 Å². The van der Waals surface area contributed by atoms with E-state index in [0.29, 0.717) is 0 Å². The minimum absolute atomic E-state index is 0.385. The Hall–Kier alpha value is -1.04. The van der Waals surface area contributed by atoms with E-state index >= 15 is 0 Å². The molecule has 1 saturated heterocycles. The van der Waals surface area contributed by atoms with Crippen molar-refractivity contribution in [1.82, 2.24) is 4.98 Å². The van der Waals surface area contributed by atoms with Crippen molar-refractivity contribution in [3.05, 3.63) is 43.1 Å². The van der Waals surface area contributed by atoms with E-state index in [1.807, 2.05) is 18.2 Å². The molecule has 2 rings (SSSR count). The van der Waals surface area contributed by atoms with Crippen LogP contribution in [0.25, 0.3) is 0 Å². The second-order valence-corrected chi connectivity index (χ2v) is 2.23. The van der Waals surface area contributed by atoms with Crippen molar-refractivity contribution in [2.45, 2.75) is 0 Å². The molecule has 0 unspecified atom stereocenters. The second-order valence-electron chi connectivity index (χ2n) is 2.23. The quantitative estimate of drug-likeness (QED) is 0.596. The van der Waals surface area contributed by atoms with Gasteiger partial charge in [0.25, 0.3) is 0 Å². The van der Waals surface area contributed by atoms with Gasteiger partial charge in [-0.2, -0.15) is 0 Å². The Kier molecular flexibility index (Phi) is 5.82. The number of pyridine rings is 1. The van der Waals surface area contributed by atoms with E-state index in [0.717, 1.165) is 0 Å². The zero-order valence-corrected chi connectivity index (χ0v) is 7.58. The van der Waals surface area contributed by atoms with E-state index in [2.05, 4.69) is 16.1 Å². The van der Waals surface area contributed by atoms with Gasteiger partial charge in [-0.05, 0) is 12.1 Å². The summed E-state index contributed by atoms with van der Waals surface area (Å²) in [4.78, 5) is 3.78. The van der Waals surface area contributed by atoms with Gasteiger partial charge in [0.1, 0.15) is 0 Å². The first kappa shape index (κ1) is 11.0. The lowest BCUT2D eigenvalue weighted by Gasteiger charge is -2.14. The summed E-state index contributed by atoms with van der Waals surface area (Å²) in [5, 5.41) is 0. The van der Waals surface area contributed by atoms with Crippen LogP contribution in [-0.2, 0) is 13.7 Å². The van der Waals surface area contributed by atoms with E-state index in [1.165, 1.54) is 21.3 Å². The average molecular weight is 187 g/mol. The monoisotopic (exact) mass is 187 g/mol. The third kappa shape index (κ3) is 4.86. The molecule has 1 aromatic rings. The van der Waals surface area contributed by atoms with Gasteiger partial charge >= 0.3 is 22.5 Å². The summed E-state index contributed by atoms with van der Waals surface area (Å²) in [6.07, 6.45) is 3.50. The van der Waals surface area contributed by atoms with Crippen LogP contribution < -0.4 is 0 Å². The predicted octanol–water partition coefficient (Wildman–Crippen LogP) is 0.413. The van der Waals surface area contributed by atoms with Crippen molar-refractivity contribution < 1.29 is 13.7 Å². The number of aromatic nitrogens is 1. The molecule has 1 aromatic heterocycles. The van der Waals surface area contributed by atoms with Crippen molar-refractivity contribution in [3.63, 3.8) is 0 Å². The Morgan fingerprint density at radius 3 is 2.07 bits per heavy atom. The summed E-state index contributed by atoms with van der Waals surface area (Å²) in [5.74, 6) is 1.52. The molecule has 0 aromatic carbocycles. The molecule has 14 heavy (non-hydrogen) atoms. The van der Waals surface area contributed by atoms with Crippen molar-refractivity contribution in [2.24, 2.45) is 0 Å². The zero-order chi connectivity index (χ0) is 10.1. The molecule has 0 bridgehead atoms. The fourth-order valence-electron chi connectivity index (χ4n) is 0.652. The first-order valence-corrected chi connectivity index (χ1v) is 4.01. The van der Waals surface area contributed by atoms with Crippen LogP contribution in [0.2, 0.25) is 0 Å². The fourth-order valence-corrected chi connectivity index (χ4v) is 0.652. The van der Waals surface area contributed by atoms with Crippen LogP contribution in [0.3, 0.4) is 0 Å². The van der Waals surface area contributed by atoms with Crippen LogP contribution in [-0.4, -0.2) is 27.5 Å². The number of rotatable bonds is 1. The molecule has 0 N–H and O–H groups in total. The lowest BCUT2D eigenvalue weighted by molar-refractivity contribution is 0.333. The molecule has 0 amide bonds. The molecule has 68 valence electrons. The molecule has 0 saturated carbocycles. The highest BCUT2D eigenvalue weighted by molar-refractivity contribution is 6.64. The van der Waals surface area contributed by atoms with Crippen LogP contribution in [0.5, 0.6) is 0 Å². The molecule has 0 spiro atoms. The van der Waals surface area contributed by atoms with E-state index in [1.54, 1.807) is 12.4 Å². The summed E-state index contributed by atoms with van der Waals surface area (Å²) in [7, 11) is 2.00. The average Bonchev–Trinajstić information content (AvgIpc) is 2.33. The first-order valence-electron chi connectivity index (χ1n) is 4.01. The Balaban J connectivity index is 0.000000146. The Labute approximate surface area is 85.0 Å². The number of hydrogen-bond donors (Lipinski definition) is 0. The van der Waals surface area contributed by atoms with Crippen molar-refractivity contribution >= 4 is 22.5 Å². The first-order chi connectivity index (χ1) is 6.93. The molecule has 7 heteroatoms. The molecule has 4 nitrogen and oxygen atoms in total. The summed E-state index contributed by atoms with van der Waals surface area (Å²) in [6, 6.07) is 5.72. The molecule has 1 aliphatic rings. The highest BCUT2D eigenvalue weighted by Crippen LogP contribution is 1.93. The van der Waals surface area contributed by atoms with E-state index < -0.39 is 0 Å². The predicted molar refractivity (Wildman–Crippen MR) is 55.0 cm³/mol. The highest BCUT2D eigenvalue weighted by Gasteiger charge is 2.19. The summed E-state index contributed by atoms with van der Waals surface area (Å²) in [5.41, 5.74) is 0. The SMILES string of the molecule is C=CB1O[B]O[B]O1.c1ccncc1. The van der Waals surface area contributed by atoms with Crippen LogP contribution in [0, 0.1) is 0 Å². The molecule has 2 radical (unpaired) electrons. The van der Waals surface area contributed by atoms with Crippen molar-refractivity contribution in [2.75, 3.05) is 0 Å². The molecule has 1 aliphatic heterocycles. The zero-order valence-electron chi connectivity index (χ0n) is 7.58. The van der Waals surface area contributed by atoms with Gasteiger partial charge in [-0.1, -0.05) is 12.0 Å². The third-order valence-corrected chi connectivity index (χ3v) is 1.25. The van der Waals surface area contributed by atoms with Gasteiger partial charge in [0, 0.05) is 12.4 Å². The van der Waals surface area contributed by atoms with Crippen LogP contribution in [0.4, 0.5) is 0 Å². The van der Waals surface area contributed by atoms with E-state index in [9.17, 15) is 0 Å². The maximum absolute atomic E-state index is 4.71. The molecule has 0 aliphatic carbocycles. The highest BCUT2D eigenvalue weighted by atomic mass is 16.7. The van der Waals surface area contributed by atoms with Gasteiger partial charge < -0.3 is 13.7 Å². The molecular weight excluding hydrogens is 179 g/mol. The minimum Gasteiger partial charge on any atom is -0.457 e. The van der Waals surface area contributed by atoms with Gasteiger partial charge in [-0.3, -0.25) is 4.98 Å². The van der Waals surface area contributed by atoms with Gasteiger partial charge in [-0.15, -0.1) is 6.58 Å². The van der Waals surface area contributed by atoms with Gasteiger partial charge in [0.15, 0.2) is 0 Å². The third-order valence-electron chi connectivity index (χ3n) is 1.25. The molecule has 1 fully saturated rings. The van der Waals surface area contributed by atoms with Gasteiger partial charge in [0.2, 0.25) is 0 Å². The topological polar surface area (TPSA) is 40.6 Å². The number of nitrogens with zero attached hydrogens (tertiary/aromatic N) is 1. The number of hydrogen-bond acceptors (Lipinski definition) is 4. The largest absolute Gasteiger partial charge is 0.458 e. The van der Waals surface area contributed by atoms with Crippen LogP contribution in [0.1, 0.15) is 0 Å². The summed E-state index contributed by atoms with van der Waals surface area (Å²) >= 11 is 0. The van der Waals surface area contributed by atoms with Crippen LogP contribution in [0.15, 0.2) is 43.1 Å². The summed E-state index contributed by atoms with van der Waals surface area (Å²) in [6.45, 7) is 3.44. The molecular formula is C7H8B3NO3. The minimum atomic E-state index is -0.385. The second kappa shape index (κ2) is 7.38. The Morgan fingerprint density at radius 1 is 1.14 bits per heavy atom. The normalized spacial score (nSPS) is 14.1. The van der Waals surface area contributed by atoms with Crippen molar-refractivity contribution in [1.29, 1.82) is 0 Å².